The first-order valence-corrected chi connectivity index (χ1v) is 7.12. The number of hydrogen-bond acceptors (Lipinski definition) is 3. The van der Waals surface area contributed by atoms with Gasteiger partial charge in [-0.25, -0.2) is 0 Å². The van der Waals surface area contributed by atoms with E-state index in [9.17, 15) is 9.59 Å². The molecule has 21 heavy (non-hydrogen) atoms. The van der Waals surface area contributed by atoms with Crippen LogP contribution in [0.4, 0.5) is 5.69 Å². The zero-order valence-electron chi connectivity index (χ0n) is 11.3. The van der Waals surface area contributed by atoms with Crippen molar-refractivity contribution >= 4 is 45.0 Å². The van der Waals surface area contributed by atoms with E-state index < -0.39 is 0 Å². The largest absolute Gasteiger partial charge is 0.457 e. The summed E-state index contributed by atoms with van der Waals surface area (Å²) in [5, 5.41) is 3.02. The summed E-state index contributed by atoms with van der Waals surface area (Å²) >= 11 is 9.14. The van der Waals surface area contributed by atoms with Gasteiger partial charge in [0, 0.05) is 25.8 Å². The number of carbonyl (C=O) groups is 2. The van der Waals surface area contributed by atoms with E-state index >= 15 is 0 Å². The molecule has 1 heterocycles. The van der Waals surface area contributed by atoms with Crippen molar-refractivity contribution in [3.63, 3.8) is 0 Å². The second kappa shape index (κ2) is 6.32. The van der Waals surface area contributed by atoms with Crippen LogP contribution in [-0.4, -0.2) is 30.8 Å². The maximum atomic E-state index is 12.0. The van der Waals surface area contributed by atoms with Crippen LogP contribution >= 0.6 is 27.5 Å². The minimum Gasteiger partial charge on any atom is -0.457 e. The molecule has 0 atom stereocenters. The van der Waals surface area contributed by atoms with Crippen LogP contribution in [0.5, 0.6) is 0 Å². The number of rotatable bonds is 3. The van der Waals surface area contributed by atoms with E-state index in [0.717, 1.165) is 0 Å². The van der Waals surface area contributed by atoms with Gasteiger partial charge in [0.25, 0.3) is 11.8 Å². The van der Waals surface area contributed by atoms with Crippen molar-refractivity contribution in [1.29, 1.82) is 0 Å². The molecule has 1 aromatic carbocycles. The van der Waals surface area contributed by atoms with Gasteiger partial charge in [-0.3, -0.25) is 9.59 Å². The highest BCUT2D eigenvalue weighted by Crippen LogP contribution is 2.22. The number of hydrogen-bond donors (Lipinski definition) is 1. The van der Waals surface area contributed by atoms with Crippen LogP contribution in [0.2, 0.25) is 5.02 Å². The third kappa shape index (κ3) is 3.65. The average Bonchev–Trinajstić information content (AvgIpc) is 2.86. The molecule has 2 amide bonds. The van der Waals surface area contributed by atoms with Crippen molar-refractivity contribution in [3.05, 3.63) is 51.3 Å². The molecule has 1 aromatic heterocycles. The second-order valence-electron chi connectivity index (χ2n) is 4.49. The quantitative estimate of drug-likeness (QED) is 0.896. The summed E-state index contributed by atoms with van der Waals surface area (Å²) in [6, 6.07) is 6.29. The van der Waals surface area contributed by atoms with Gasteiger partial charge in [-0.1, -0.05) is 11.6 Å². The van der Waals surface area contributed by atoms with Crippen LogP contribution < -0.4 is 5.32 Å². The zero-order valence-corrected chi connectivity index (χ0v) is 13.7. The van der Waals surface area contributed by atoms with Crippen LogP contribution in [0.15, 0.2) is 39.6 Å². The number of benzene rings is 1. The smallest absolute Gasteiger partial charge is 0.258 e. The molecule has 7 heteroatoms. The highest BCUT2D eigenvalue weighted by molar-refractivity contribution is 9.10. The number of nitrogens with zero attached hydrogens (tertiary/aromatic N) is 1. The molecule has 0 unspecified atom stereocenters. The van der Waals surface area contributed by atoms with Gasteiger partial charge in [0.1, 0.15) is 6.26 Å². The standard InChI is InChI=1S/C14H12BrClN2O3/c1-18(2)14(20)10-6-9(3-4-11(10)16)17-13(19)8-5-12(15)21-7-8/h3-7H,1-2H3,(H,17,19). The number of furan rings is 1. The predicted octanol–water partition coefficient (Wildman–Crippen LogP) is 3.65. The normalized spacial score (nSPS) is 10.3. The van der Waals surface area contributed by atoms with Crippen molar-refractivity contribution in [2.24, 2.45) is 0 Å². The fraction of sp³-hybridized carbons (Fsp3) is 0.143. The lowest BCUT2D eigenvalue weighted by atomic mass is 10.1. The molecule has 0 aliphatic heterocycles. The van der Waals surface area contributed by atoms with Gasteiger partial charge in [0.05, 0.1) is 16.1 Å². The average molecular weight is 372 g/mol. The summed E-state index contributed by atoms with van der Waals surface area (Å²) in [7, 11) is 3.26. The first-order chi connectivity index (χ1) is 9.88. The van der Waals surface area contributed by atoms with Gasteiger partial charge in [-0.05, 0) is 34.1 Å². The Hall–Kier alpha value is -1.79. The number of halogens is 2. The van der Waals surface area contributed by atoms with E-state index in [1.54, 1.807) is 32.3 Å². The van der Waals surface area contributed by atoms with E-state index in [0.29, 0.717) is 26.5 Å². The molecule has 0 spiro atoms. The Balaban J connectivity index is 2.23. The molecule has 0 saturated carbocycles. The van der Waals surface area contributed by atoms with Crippen molar-refractivity contribution in [1.82, 2.24) is 4.90 Å². The Morgan fingerprint density at radius 3 is 2.57 bits per heavy atom. The molecule has 0 saturated heterocycles. The van der Waals surface area contributed by atoms with Gasteiger partial charge in [0.2, 0.25) is 0 Å². The SMILES string of the molecule is CN(C)C(=O)c1cc(NC(=O)c2coc(Br)c2)ccc1Cl. The van der Waals surface area contributed by atoms with Crippen LogP contribution in [0.1, 0.15) is 20.7 Å². The maximum Gasteiger partial charge on any atom is 0.258 e. The van der Waals surface area contributed by atoms with E-state index in [1.807, 2.05) is 0 Å². The zero-order chi connectivity index (χ0) is 15.6. The first kappa shape index (κ1) is 15.6. The minimum absolute atomic E-state index is 0.234. The highest BCUT2D eigenvalue weighted by atomic mass is 79.9. The van der Waals surface area contributed by atoms with E-state index in [2.05, 4.69) is 21.2 Å². The summed E-state index contributed by atoms with van der Waals surface area (Å²) in [4.78, 5) is 25.4. The monoisotopic (exact) mass is 370 g/mol. The fourth-order valence-electron chi connectivity index (χ4n) is 1.64. The van der Waals surface area contributed by atoms with Crippen LogP contribution in [0.25, 0.3) is 0 Å². The molecule has 0 bridgehead atoms. The Kier molecular flexibility index (Phi) is 4.69. The molecule has 5 nitrogen and oxygen atoms in total. The second-order valence-corrected chi connectivity index (χ2v) is 5.68. The molecular formula is C14H12BrClN2O3. The summed E-state index contributed by atoms with van der Waals surface area (Å²) in [5.74, 6) is -0.572. The third-order valence-electron chi connectivity index (χ3n) is 2.69. The number of carbonyl (C=O) groups excluding carboxylic acids is 2. The van der Waals surface area contributed by atoms with Gasteiger partial charge in [0.15, 0.2) is 4.67 Å². The summed E-state index contributed by atoms with van der Waals surface area (Å²) in [5.41, 5.74) is 1.18. The fourth-order valence-corrected chi connectivity index (χ4v) is 2.18. The third-order valence-corrected chi connectivity index (χ3v) is 3.44. The highest BCUT2D eigenvalue weighted by Gasteiger charge is 2.15. The van der Waals surface area contributed by atoms with Crippen molar-refractivity contribution in [2.45, 2.75) is 0 Å². The van der Waals surface area contributed by atoms with Crippen molar-refractivity contribution < 1.29 is 14.0 Å². The van der Waals surface area contributed by atoms with E-state index in [1.165, 1.54) is 17.2 Å². The molecular weight excluding hydrogens is 360 g/mol. The molecule has 0 fully saturated rings. The molecule has 2 rings (SSSR count). The molecule has 2 aromatic rings. The van der Waals surface area contributed by atoms with Gasteiger partial charge < -0.3 is 14.6 Å². The lowest BCUT2D eigenvalue weighted by Gasteiger charge is -2.13. The lowest BCUT2D eigenvalue weighted by Crippen LogP contribution is -2.22. The Morgan fingerprint density at radius 2 is 2.00 bits per heavy atom. The van der Waals surface area contributed by atoms with E-state index in [4.69, 9.17) is 16.0 Å². The van der Waals surface area contributed by atoms with E-state index in [-0.39, 0.29) is 11.8 Å². The number of anilines is 1. The van der Waals surface area contributed by atoms with Crippen LogP contribution in [0, 0.1) is 0 Å². The number of amides is 2. The molecule has 1 N–H and O–H groups in total. The summed E-state index contributed by atoms with van der Waals surface area (Å²) < 4.78 is 5.47. The van der Waals surface area contributed by atoms with Crippen LogP contribution in [-0.2, 0) is 0 Å². The first-order valence-electron chi connectivity index (χ1n) is 5.95. The molecule has 0 aliphatic carbocycles. The van der Waals surface area contributed by atoms with Gasteiger partial charge in [-0.2, -0.15) is 0 Å². The van der Waals surface area contributed by atoms with Crippen molar-refractivity contribution in [2.75, 3.05) is 19.4 Å². The molecule has 0 radical (unpaired) electrons. The summed E-state index contributed by atoms with van der Waals surface area (Å²) in [6.07, 6.45) is 1.33. The molecule has 0 aliphatic rings. The minimum atomic E-state index is -0.338. The number of nitrogens with one attached hydrogen (secondary N) is 1. The Morgan fingerprint density at radius 1 is 1.29 bits per heavy atom. The lowest BCUT2D eigenvalue weighted by molar-refractivity contribution is 0.0827. The van der Waals surface area contributed by atoms with Crippen LogP contribution in [0.3, 0.4) is 0 Å². The predicted molar refractivity (Wildman–Crippen MR) is 83.8 cm³/mol. The topological polar surface area (TPSA) is 62.6 Å². The van der Waals surface area contributed by atoms with Gasteiger partial charge in [-0.15, -0.1) is 0 Å². The Labute approximate surface area is 135 Å². The van der Waals surface area contributed by atoms with Crippen molar-refractivity contribution in [3.8, 4) is 0 Å². The Bertz CT molecular complexity index is 697. The maximum absolute atomic E-state index is 12.0. The van der Waals surface area contributed by atoms with Gasteiger partial charge >= 0.3 is 0 Å². The summed E-state index contributed by atoms with van der Waals surface area (Å²) in [6.45, 7) is 0. The molecule has 110 valence electrons.